The zero-order valence-corrected chi connectivity index (χ0v) is 10.9. The molecule has 2 heteroatoms. The van der Waals surface area contributed by atoms with Gasteiger partial charge in [-0.05, 0) is 37.5 Å². The number of hydrogen-bond acceptors (Lipinski definition) is 1. The van der Waals surface area contributed by atoms with E-state index < -0.39 is 0 Å². The third-order valence-corrected chi connectivity index (χ3v) is 3.50. The number of rotatable bonds is 2. The molecule has 1 aromatic rings. The van der Waals surface area contributed by atoms with E-state index >= 15 is 0 Å². The van der Waals surface area contributed by atoms with Crippen LogP contribution >= 0.6 is 0 Å². The van der Waals surface area contributed by atoms with Crippen LogP contribution in [0.1, 0.15) is 27.7 Å². The Balaban J connectivity index is 2.40. The standard InChI is InChI=1S/C15H19NO/c1-10(2)14-11(3)12(4)16(15(14)17)13-8-6-5-7-9-13/h5-10,12H,1-4H3. The number of amides is 1. The van der Waals surface area contributed by atoms with Gasteiger partial charge in [0, 0.05) is 11.3 Å². The lowest BCUT2D eigenvalue weighted by atomic mass is 9.98. The van der Waals surface area contributed by atoms with Crippen molar-refractivity contribution in [2.45, 2.75) is 33.7 Å². The topological polar surface area (TPSA) is 20.3 Å². The first-order valence-corrected chi connectivity index (χ1v) is 6.13. The number of hydrogen-bond donors (Lipinski definition) is 0. The van der Waals surface area contributed by atoms with Gasteiger partial charge in [0.05, 0.1) is 6.04 Å². The van der Waals surface area contributed by atoms with Gasteiger partial charge in [-0.15, -0.1) is 0 Å². The van der Waals surface area contributed by atoms with Crippen molar-refractivity contribution in [3.8, 4) is 0 Å². The molecule has 0 fully saturated rings. The van der Waals surface area contributed by atoms with Gasteiger partial charge >= 0.3 is 0 Å². The van der Waals surface area contributed by atoms with Gasteiger partial charge in [-0.25, -0.2) is 0 Å². The SMILES string of the molecule is CC1=C(C(C)C)C(=O)N(c2ccccc2)C1C. The summed E-state index contributed by atoms with van der Waals surface area (Å²) in [6.45, 7) is 8.33. The van der Waals surface area contributed by atoms with Gasteiger partial charge in [-0.1, -0.05) is 32.0 Å². The molecule has 0 aromatic heterocycles. The van der Waals surface area contributed by atoms with Gasteiger partial charge in [-0.3, -0.25) is 4.79 Å². The number of nitrogens with zero attached hydrogens (tertiary/aromatic N) is 1. The number of benzene rings is 1. The summed E-state index contributed by atoms with van der Waals surface area (Å²) in [4.78, 5) is 14.3. The van der Waals surface area contributed by atoms with Crippen LogP contribution in [-0.4, -0.2) is 11.9 Å². The van der Waals surface area contributed by atoms with Gasteiger partial charge in [-0.2, -0.15) is 0 Å². The van der Waals surface area contributed by atoms with Gasteiger partial charge in [0.2, 0.25) is 0 Å². The molecule has 1 atom stereocenters. The van der Waals surface area contributed by atoms with E-state index in [4.69, 9.17) is 0 Å². The predicted octanol–water partition coefficient (Wildman–Crippen LogP) is 3.39. The van der Waals surface area contributed by atoms with Gasteiger partial charge in [0.15, 0.2) is 0 Å². The molecule has 1 heterocycles. The Morgan fingerprint density at radius 2 is 1.76 bits per heavy atom. The quantitative estimate of drug-likeness (QED) is 0.761. The maximum Gasteiger partial charge on any atom is 0.255 e. The average molecular weight is 229 g/mol. The van der Waals surface area contributed by atoms with Crippen LogP contribution in [0, 0.1) is 5.92 Å². The van der Waals surface area contributed by atoms with Crippen LogP contribution in [0.2, 0.25) is 0 Å². The van der Waals surface area contributed by atoms with Crippen molar-refractivity contribution in [1.29, 1.82) is 0 Å². The summed E-state index contributed by atoms with van der Waals surface area (Å²) < 4.78 is 0. The first-order valence-electron chi connectivity index (χ1n) is 6.13. The van der Waals surface area contributed by atoms with Crippen LogP contribution in [-0.2, 0) is 4.79 Å². The predicted molar refractivity (Wildman–Crippen MR) is 70.9 cm³/mol. The summed E-state index contributed by atoms with van der Waals surface area (Å²) in [5.41, 5.74) is 3.16. The van der Waals surface area contributed by atoms with Crippen LogP contribution in [0.5, 0.6) is 0 Å². The average Bonchev–Trinajstić information content (AvgIpc) is 2.51. The van der Waals surface area contributed by atoms with Crippen molar-refractivity contribution in [3.63, 3.8) is 0 Å². The van der Waals surface area contributed by atoms with Crippen LogP contribution in [0.15, 0.2) is 41.5 Å². The second-order valence-corrected chi connectivity index (χ2v) is 4.94. The summed E-state index contributed by atoms with van der Waals surface area (Å²) in [5.74, 6) is 0.454. The lowest BCUT2D eigenvalue weighted by Crippen LogP contribution is -2.33. The number of carbonyl (C=O) groups is 1. The molecular weight excluding hydrogens is 210 g/mol. The molecule has 0 saturated carbocycles. The Morgan fingerprint density at radius 1 is 1.18 bits per heavy atom. The van der Waals surface area contributed by atoms with Crippen molar-refractivity contribution in [2.75, 3.05) is 4.90 Å². The Bertz CT molecular complexity index is 459. The number of carbonyl (C=O) groups excluding carboxylic acids is 1. The van der Waals surface area contributed by atoms with E-state index in [1.807, 2.05) is 35.2 Å². The molecule has 2 nitrogen and oxygen atoms in total. The van der Waals surface area contributed by atoms with E-state index in [0.717, 1.165) is 11.3 Å². The summed E-state index contributed by atoms with van der Waals surface area (Å²) in [6, 6.07) is 10.1. The normalized spacial score (nSPS) is 20.6. The fraction of sp³-hybridized carbons (Fsp3) is 0.400. The molecule has 0 N–H and O–H groups in total. The Kier molecular flexibility index (Phi) is 3.05. The second kappa shape index (κ2) is 4.36. The second-order valence-electron chi connectivity index (χ2n) is 4.94. The summed E-state index contributed by atoms with van der Waals surface area (Å²) in [6.07, 6.45) is 0. The zero-order chi connectivity index (χ0) is 12.6. The van der Waals surface area contributed by atoms with Crippen molar-refractivity contribution < 1.29 is 4.79 Å². The number of para-hydroxylation sites is 1. The summed E-state index contributed by atoms with van der Waals surface area (Å²) in [5, 5.41) is 0. The van der Waals surface area contributed by atoms with E-state index in [9.17, 15) is 4.79 Å². The van der Waals surface area contributed by atoms with Crippen molar-refractivity contribution in [1.82, 2.24) is 0 Å². The first kappa shape index (κ1) is 11.9. The van der Waals surface area contributed by atoms with Crippen molar-refractivity contribution in [2.24, 2.45) is 5.92 Å². The van der Waals surface area contributed by atoms with Gasteiger partial charge in [0.25, 0.3) is 5.91 Å². The Labute approximate surface area is 103 Å². The van der Waals surface area contributed by atoms with Crippen LogP contribution in [0.3, 0.4) is 0 Å². The van der Waals surface area contributed by atoms with Crippen molar-refractivity contribution >= 4 is 11.6 Å². The molecule has 0 saturated heterocycles. The summed E-state index contributed by atoms with van der Waals surface area (Å²) in [7, 11) is 0. The van der Waals surface area contributed by atoms with Gasteiger partial charge < -0.3 is 4.90 Å². The smallest absolute Gasteiger partial charge is 0.255 e. The minimum Gasteiger partial charge on any atom is -0.302 e. The number of anilines is 1. The molecule has 1 aromatic carbocycles. The van der Waals surface area contributed by atoms with Gasteiger partial charge in [0.1, 0.15) is 0 Å². The maximum absolute atomic E-state index is 12.4. The van der Waals surface area contributed by atoms with Crippen LogP contribution < -0.4 is 4.90 Å². The van der Waals surface area contributed by atoms with E-state index in [2.05, 4.69) is 27.7 Å². The summed E-state index contributed by atoms with van der Waals surface area (Å²) >= 11 is 0. The highest BCUT2D eigenvalue weighted by molar-refractivity contribution is 6.10. The first-order chi connectivity index (χ1) is 8.04. The van der Waals surface area contributed by atoms with Crippen LogP contribution in [0.4, 0.5) is 5.69 Å². The van der Waals surface area contributed by atoms with Crippen molar-refractivity contribution in [3.05, 3.63) is 41.5 Å². The molecular formula is C15H19NO. The molecule has 2 rings (SSSR count). The largest absolute Gasteiger partial charge is 0.302 e. The third-order valence-electron chi connectivity index (χ3n) is 3.50. The minimum atomic E-state index is 0.163. The van der Waals surface area contributed by atoms with E-state index in [0.29, 0.717) is 5.92 Å². The molecule has 0 radical (unpaired) electrons. The fourth-order valence-electron chi connectivity index (χ4n) is 2.52. The zero-order valence-electron chi connectivity index (χ0n) is 10.9. The van der Waals surface area contributed by atoms with E-state index in [1.165, 1.54) is 5.57 Å². The molecule has 0 bridgehead atoms. The monoisotopic (exact) mass is 229 g/mol. The van der Waals surface area contributed by atoms with Crippen LogP contribution in [0.25, 0.3) is 0 Å². The van der Waals surface area contributed by atoms with E-state index in [-0.39, 0.29) is 11.9 Å². The highest BCUT2D eigenvalue weighted by atomic mass is 16.2. The molecule has 1 unspecified atom stereocenters. The molecule has 90 valence electrons. The lowest BCUT2D eigenvalue weighted by molar-refractivity contribution is -0.115. The molecule has 1 aliphatic heterocycles. The Morgan fingerprint density at radius 3 is 2.24 bits per heavy atom. The maximum atomic E-state index is 12.4. The molecule has 1 aliphatic rings. The highest BCUT2D eigenvalue weighted by Gasteiger charge is 2.35. The molecule has 0 spiro atoms. The molecule has 1 amide bonds. The molecule has 17 heavy (non-hydrogen) atoms. The minimum absolute atomic E-state index is 0.163. The Hall–Kier alpha value is -1.57. The third kappa shape index (κ3) is 1.88. The fourth-order valence-corrected chi connectivity index (χ4v) is 2.52. The lowest BCUT2D eigenvalue weighted by Gasteiger charge is -2.23. The van der Waals surface area contributed by atoms with E-state index in [1.54, 1.807) is 0 Å². The highest BCUT2D eigenvalue weighted by Crippen LogP contribution is 2.33. The molecule has 0 aliphatic carbocycles.